The second-order valence-corrected chi connectivity index (χ2v) is 3.33. The Hall–Kier alpha value is -1.99. The Bertz CT molecular complexity index is 552. The van der Waals surface area contributed by atoms with Gasteiger partial charge in [0.15, 0.2) is 0 Å². The van der Waals surface area contributed by atoms with E-state index in [2.05, 4.69) is 10.9 Å². The molecule has 0 aliphatic carbocycles. The van der Waals surface area contributed by atoms with Crippen molar-refractivity contribution in [1.29, 1.82) is 0 Å². The molecule has 0 saturated heterocycles. The maximum Gasteiger partial charge on any atom is 0.136 e. The molecule has 1 aromatic heterocycles. The fourth-order valence-electron chi connectivity index (χ4n) is 1.67. The molecule has 0 saturated carbocycles. The minimum atomic E-state index is -0.126. The highest BCUT2D eigenvalue weighted by atomic mass is 16.5. The minimum Gasteiger partial charge on any atom is -0.497 e. The number of aliphatic hydroxyl groups excluding tert-OH is 1. The number of terminal acetylenes is 1. The van der Waals surface area contributed by atoms with E-state index in [0.717, 1.165) is 16.8 Å². The molecule has 16 heavy (non-hydrogen) atoms. The van der Waals surface area contributed by atoms with Gasteiger partial charge in [0.05, 0.1) is 24.7 Å². The van der Waals surface area contributed by atoms with Crippen LogP contribution in [0.3, 0.4) is 0 Å². The number of benzene rings is 1. The van der Waals surface area contributed by atoms with Crippen LogP contribution in [-0.2, 0) is 13.2 Å². The number of methoxy groups -OCH3 is 1. The summed E-state index contributed by atoms with van der Waals surface area (Å²) in [4.78, 5) is 4.30. The van der Waals surface area contributed by atoms with Crippen molar-refractivity contribution in [3.8, 4) is 18.1 Å². The third kappa shape index (κ3) is 1.62. The van der Waals surface area contributed by atoms with Crippen LogP contribution in [0.25, 0.3) is 11.0 Å². The van der Waals surface area contributed by atoms with Crippen LogP contribution in [0.2, 0.25) is 0 Å². The summed E-state index contributed by atoms with van der Waals surface area (Å²) < 4.78 is 6.93. The Morgan fingerprint density at radius 2 is 2.38 bits per heavy atom. The number of hydrogen-bond acceptors (Lipinski definition) is 3. The van der Waals surface area contributed by atoms with Crippen molar-refractivity contribution < 1.29 is 9.84 Å². The normalized spacial score (nSPS) is 10.3. The fourth-order valence-corrected chi connectivity index (χ4v) is 1.67. The number of imidazole rings is 1. The van der Waals surface area contributed by atoms with E-state index in [1.165, 1.54) is 0 Å². The SMILES string of the molecule is C#CCn1c(CO)nc2cc(OC)ccc21. The van der Waals surface area contributed by atoms with Gasteiger partial charge in [0.1, 0.15) is 18.2 Å². The summed E-state index contributed by atoms with van der Waals surface area (Å²) >= 11 is 0. The first-order chi connectivity index (χ1) is 7.80. The van der Waals surface area contributed by atoms with E-state index in [1.807, 2.05) is 22.8 Å². The second-order valence-electron chi connectivity index (χ2n) is 3.33. The average molecular weight is 216 g/mol. The average Bonchev–Trinajstić information content (AvgIpc) is 2.67. The van der Waals surface area contributed by atoms with Crippen LogP contribution in [0, 0.1) is 12.3 Å². The van der Waals surface area contributed by atoms with Crippen molar-refractivity contribution in [1.82, 2.24) is 9.55 Å². The third-order valence-electron chi connectivity index (χ3n) is 2.43. The predicted octanol–water partition coefficient (Wildman–Crippen LogP) is 1.17. The maximum absolute atomic E-state index is 9.19. The number of hydrogen-bond donors (Lipinski definition) is 1. The molecular weight excluding hydrogens is 204 g/mol. The van der Waals surface area contributed by atoms with Crippen molar-refractivity contribution in [2.75, 3.05) is 7.11 Å². The molecule has 0 aliphatic heterocycles. The summed E-state index contributed by atoms with van der Waals surface area (Å²) in [5, 5.41) is 9.19. The lowest BCUT2D eigenvalue weighted by Gasteiger charge is -2.03. The van der Waals surface area contributed by atoms with Gasteiger partial charge in [0.2, 0.25) is 0 Å². The molecule has 0 spiro atoms. The Labute approximate surface area is 93.5 Å². The molecule has 0 aliphatic rings. The van der Waals surface area contributed by atoms with Crippen molar-refractivity contribution in [2.45, 2.75) is 13.2 Å². The van der Waals surface area contributed by atoms with Crippen LogP contribution < -0.4 is 4.74 Å². The topological polar surface area (TPSA) is 47.3 Å². The van der Waals surface area contributed by atoms with Crippen LogP contribution in [0.1, 0.15) is 5.82 Å². The summed E-state index contributed by atoms with van der Waals surface area (Å²) in [6, 6.07) is 5.55. The first-order valence-corrected chi connectivity index (χ1v) is 4.87. The summed E-state index contributed by atoms with van der Waals surface area (Å²) in [6.07, 6.45) is 5.29. The second kappa shape index (κ2) is 4.25. The summed E-state index contributed by atoms with van der Waals surface area (Å²) in [5.41, 5.74) is 1.68. The van der Waals surface area contributed by atoms with E-state index in [0.29, 0.717) is 12.4 Å². The molecular formula is C12H12N2O2. The molecule has 0 radical (unpaired) electrons. The van der Waals surface area contributed by atoms with Gasteiger partial charge < -0.3 is 14.4 Å². The van der Waals surface area contributed by atoms with Crippen molar-refractivity contribution in [2.24, 2.45) is 0 Å². The standard InChI is InChI=1S/C12H12N2O2/c1-3-6-14-11-5-4-9(16-2)7-10(11)13-12(14)8-15/h1,4-5,7,15H,6,8H2,2H3. The zero-order chi connectivity index (χ0) is 11.5. The van der Waals surface area contributed by atoms with Crippen molar-refractivity contribution >= 4 is 11.0 Å². The molecule has 1 heterocycles. The number of nitrogens with zero attached hydrogens (tertiary/aromatic N) is 2. The molecule has 1 N–H and O–H groups in total. The minimum absolute atomic E-state index is 0.126. The summed E-state index contributed by atoms with van der Waals surface area (Å²) in [7, 11) is 1.60. The van der Waals surface area contributed by atoms with Gasteiger partial charge in [-0.25, -0.2) is 4.98 Å². The molecule has 0 bridgehead atoms. The Morgan fingerprint density at radius 1 is 1.56 bits per heavy atom. The van der Waals surface area contributed by atoms with Crippen LogP contribution >= 0.6 is 0 Å². The zero-order valence-electron chi connectivity index (χ0n) is 8.97. The third-order valence-corrected chi connectivity index (χ3v) is 2.43. The molecule has 4 heteroatoms. The molecule has 0 atom stereocenters. The van der Waals surface area contributed by atoms with Crippen LogP contribution in [0.5, 0.6) is 5.75 Å². The monoisotopic (exact) mass is 216 g/mol. The molecule has 0 unspecified atom stereocenters. The Morgan fingerprint density at radius 3 is 3.00 bits per heavy atom. The lowest BCUT2D eigenvalue weighted by Crippen LogP contribution is -2.02. The highest BCUT2D eigenvalue weighted by Gasteiger charge is 2.09. The fraction of sp³-hybridized carbons (Fsp3) is 0.250. The van der Waals surface area contributed by atoms with Gasteiger partial charge in [-0.3, -0.25) is 0 Å². The molecule has 0 amide bonds. The number of aromatic nitrogens is 2. The number of aliphatic hydroxyl groups is 1. The van der Waals surface area contributed by atoms with Crippen LogP contribution in [-0.4, -0.2) is 21.8 Å². The molecule has 1 aromatic carbocycles. The Kier molecular flexibility index (Phi) is 2.80. The van der Waals surface area contributed by atoms with E-state index >= 15 is 0 Å². The van der Waals surface area contributed by atoms with Gasteiger partial charge in [-0.15, -0.1) is 6.42 Å². The van der Waals surface area contributed by atoms with Crippen molar-refractivity contribution in [3.05, 3.63) is 24.0 Å². The zero-order valence-corrected chi connectivity index (χ0v) is 8.97. The first kappa shape index (κ1) is 10.5. The quantitative estimate of drug-likeness (QED) is 0.783. The molecule has 2 rings (SSSR count). The van der Waals surface area contributed by atoms with Gasteiger partial charge in [0.25, 0.3) is 0 Å². The van der Waals surface area contributed by atoms with E-state index in [9.17, 15) is 5.11 Å². The Balaban J connectivity index is 2.63. The smallest absolute Gasteiger partial charge is 0.136 e. The number of rotatable bonds is 3. The number of fused-ring (bicyclic) bond motifs is 1. The van der Waals surface area contributed by atoms with Gasteiger partial charge in [-0.1, -0.05) is 5.92 Å². The highest BCUT2D eigenvalue weighted by Crippen LogP contribution is 2.21. The molecule has 2 aromatic rings. The van der Waals surface area contributed by atoms with E-state index in [4.69, 9.17) is 11.2 Å². The van der Waals surface area contributed by atoms with Crippen molar-refractivity contribution in [3.63, 3.8) is 0 Å². The predicted molar refractivity (Wildman–Crippen MR) is 61.0 cm³/mol. The van der Waals surface area contributed by atoms with E-state index in [1.54, 1.807) is 7.11 Å². The lowest BCUT2D eigenvalue weighted by atomic mass is 10.3. The molecule has 82 valence electrons. The molecule has 0 fully saturated rings. The summed E-state index contributed by atoms with van der Waals surface area (Å²) in [5.74, 6) is 3.86. The van der Waals surface area contributed by atoms with Crippen LogP contribution in [0.4, 0.5) is 0 Å². The van der Waals surface area contributed by atoms with Gasteiger partial charge in [-0.05, 0) is 12.1 Å². The van der Waals surface area contributed by atoms with Gasteiger partial charge in [-0.2, -0.15) is 0 Å². The van der Waals surface area contributed by atoms with Gasteiger partial charge in [0, 0.05) is 6.07 Å². The first-order valence-electron chi connectivity index (χ1n) is 4.87. The van der Waals surface area contributed by atoms with E-state index in [-0.39, 0.29) is 6.61 Å². The van der Waals surface area contributed by atoms with Gasteiger partial charge >= 0.3 is 0 Å². The summed E-state index contributed by atoms with van der Waals surface area (Å²) in [6.45, 7) is 0.275. The lowest BCUT2D eigenvalue weighted by molar-refractivity contribution is 0.267. The number of ether oxygens (including phenoxy) is 1. The van der Waals surface area contributed by atoms with Crippen LogP contribution in [0.15, 0.2) is 18.2 Å². The molecule has 4 nitrogen and oxygen atoms in total. The maximum atomic E-state index is 9.19. The highest BCUT2D eigenvalue weighted by molar-refractivity contribution is 5.77. The van der Waals surface area contributed by atoms with E-state index < -0.39 is 0 Å². The largest absolute Gasteiger partial charge is 0.497 e.